The number of rotatable bonds is 3. The van der Waals surface area contributed by atoms with Crippen LogP contribution in [0.25, 0.3) is 0 Å². The van der Waals surface area contributed by atoms with Crippen LogP contribution >= 0.6 is 0 Å². The van der Waals surface area contributed by atoms with Crippen LogP contribution < -0.4 is 10.9 Å². The van der Waals surface area contributed by atoms with E-state index in [9.17, 15) is 4.79 Å². The van der Waals surface area contributed by atoms with Crippen LogP contribution in [0, 0.1) is 5.41 Å². The topological polar surface area (TPSA) is 57.8 Å². The molecule has 1 aromatic rings. The van der Waals surface area contributed by atoms with Crippen molar-refractivity contribution < 1.29 is 0 Å². The zero-order chi connectivity index (χ0) is 13.6. The minimum Gasteiger partial charge on any atom is -0.310 e. The highest BCUT2D eigenvalue weighted by Crippen LogP contribution is 2.57. The van der Waals surface area contributed by atoms with Crippen LogP contribution in [0.15, 0.2) is 10.9 Å². The molecule has 1 heterocycles. The Labute approximate surface area is 108 Å². The second-order valence-electron chi connectivity index (χ2n) is 6.97. The van der Waals surface area contributed by atoms with Crippen LogP contribution in [0.3, 0.4) is 0 Å². The van der Waals surface area contributed by atoms with E-state index in [2.05, 4.69) is 49.9 Å². The summed E-state index contributed by atoms with van der Waals surface area (Å²) in [6, 6.07) is 1.58. The van der Waals surface area contributed by atoms with Crippen LogP contribution in [-0.4, -0.2) is 15.5 Å². The fourth-order valence-corrected chi connectivity index (χ4v) is 2.07. The summed E-state index contributed by atoms with van der Waals surface area (Å²) in [5.74, 6) is 1.25. The maximum atomic E-state index is 11.7. The van der Waals surface area contributed by atoms with Crippen LogP contribution in [0.5, 0.6) is 0 Å². The maximum Gasteiger partial charge on any atom is 0.251 e. The number of aromatic nitrogens is 2. The molecule has 0 amide bonds. The Kier molecular flexibility index (Phi) is 3.09. The minimum absolute atomic E-state index is 0.0310. The number of nitrogens with zero attached hydrogens (tertiary/aromatic N) is 1. The van der Waals surface area contributed by atoms with Gasteiger partial charge in [-0.25, -0.2) is 4.98 Å². The Morgan fingerprint density at radius 1 is 1.50 bits per heavy atom. The van der Waals surface area contributed by atoms with Gasteiger partial charge in [0.2, 0.25) is 0 Å². The second kappa shape index (κ2) is 4.19. The molecule has 2 N–H and O–H groups in total. The van der Waals surface area contributed by atoms with Crippen LogP contribution in [-0.2, 0) is 6.54 Å². The first-order chi connectivity index (χ1) is 8.17. The van der Waals surface area contributed by atoms with Gasteiger partial charge >= 0.3 is 0 Å². The quantitative estimate of drug-likeness (QED) is 0.863. The number of nitrogens with one attached hydrogen (secondary N) is 2. The molecular weight excluding hydrogens is 226 g/mol. The van der Waals surface area contributed by atoms with Gasteiger partial charge in [-0.05, 0) is 32.6 Å². The zero-order valence-corrected chi connectivity index (χ0v) is 11.9. The molecule has 18 heavy (non-hydrogen) atoms. The van der Waals surface area contributed by atoms with Gasteiger partial charge in [-0.15, -0.1) is 0 Å². The lowest BCUT2D eigenvalue weighted by molar-refractivity contribution is 0.420. The molecule has 4 nitrogen and oxygen atoms in total. The predicted octanol–water partition coefficient (Wildman–Crippen LogP) is 2.17. The van der Waals surface area contributed by atoms with Gasteiger partial charge in [-0.1, -0.05) is 13.8 Å². The molecular formula is C14H23N3O. The van der Waals surface area contributed by atoms with Gasteiger partial charge < -0.3 is 10.3 Å². The number of H-pyrrole nitrogens is 1. The summed E-state index contributed by atoms with van der Waals surface area (Å²) in [6.45, 7) is 11.4. The normalized spacial score (nSPS) is 21.9. The van der Waals surface area contributed by atoms with Gasteiger partial charge in [0.05, 0.1) is 5.69 Å². The zero-order valence-electron chi connectivity index (χ0n) is 11.9. The first-order valence-corrected chi connectivity index (χ1v) is 6.52. The van der Waals surface area contributed by atoms with Gasteiger partial charge in [0.15, 0.2) is 0 Å². The third-order valence-electron chi connectivity index (χ3n) is 3.46. The summed E-state index contributed by atoms with van der Waals surface area (Å²) in [5.41, 5.74) is 1.09. The van der Waals surface area contributed by atoms with E-state index in [4.69, 9.17) is 0 Å². The van der Waals surface area contributed by atoms with Crippen LogP contribution in [0.2, 0.25) is 0 Å². The van der Waals surface area contributed by atoms with Crippen molar-refractivity contribution in [2.75, 3.05) is 0 Å². The highest BCUT2D eigenvalue weighted by atomic mass is 16.1. The molecule has 0 radical (unpaired) electrons. The fourth-order valence-electron chi connectivity index (χ4n) is 2.07. The first kappa shape index (κ1) is 13.3. The Hall–Kier alpha value is -1.16. The molecule has 1 aliphatic carbocycles. The van der Waals surface area contributed by atoms with Crippen molar-refractivity contribution in [2.45, 2.75) is 59.0 Å². The number of hydrogen-bond acceptors (Lipinski definition) is 3. The monoisotopic (exact) mass is 249 g/mol. The fraction of sp³-hybridized carbons (Fsp3) is 0.714. The molecule has 0 saturated heterocycles. The lowest BCUT2D eigenvalue weighted by Crippen LogP contribution is -2.35. The molecule has 0 aromatic carbocycles. The Balaban J connectivity index is 2.15. The third kappa shape index (κ3) is 3.19. The molecule has 4 heteroatoms. The summed E-state index contributed by atoms with van der Waals surface area (Å²) in [7, 11) is 0. The molecule has 0 bridgehead atoms. The van der Waals surface area contributed by atoms with E-state index in [1.165, 1.54) is 0 Å². The molecule has 1 aliphatic rings. The van der Waals surface area contributed by atoms with Crippen molar-refractivity contribution in [3.05, 3.63) is 27.9 Å². The van der Waals surface area contributed by atoms with Crippen molar-refractivity contribution in [1.29, 1.82) is 0 Å². The molecule has 1 aromatic heterocycles. The molecule has 1 fully saturated rings. The third-order valence-corrected chi connectivity index (χ3v) is 3.46. The lowest BCUT2D eigenvalue weighted by atomic mass is 10.1. The van der Waals surface area contributed by atoms with Gasteiger partial charge in [0.25, 0.3) is 5.56 Å². The van der Waals surface area contributed by atoms with Crippen molar-refractivity contribution in [1.82, 2.24) is 15.3 Å². The van der Waals surface area contributed by atoms with E-state index in [-0.39, 0.29) is 16.5 Å². The van der Waals surface area contributed by atoms with E-state index >= 15 is 0 Å². The van der Waals surface area contributed by atoms with E-state index in [0.717, 1.165) is 17.9 Å². The van der Waals surface area contributed by atoms with E-state index in [0.29, 0.717) is 12.5 Å². The van der Waals surface area contributed by atoms with Crippen LogP contribution in [0.1, 0.15) is 58.5 Å². The SMILES string of the molecule is CC(C)(C)NCc1cc(=O)[nH]c(C2CC2(C)C)n1. The van der Waals surface area contributed by atoms with Crippen molar-refractivity contribution in [3.8, 4) is 0 Å². The summed E-state index contributed by atoms with van der Waals surface area (Å²) >= 11 is 0. The maximum absolute atomic E-state index is 11.7. The summed E-state index contributed by atoms with van der Waals surface area (Å²) in [4.78, 5) is 19.1. The summed E-state index contributed by atoms with van der Waals surface area (Å²) in [6.07, 6.45) is 1.10. The first-order valence-electron chi connectivity index (χ1n) is 6.52. The van der Waals surface area contributed by atoms with Crippen molar-refractivity contribution >= 4 is 0 Å². The minimum atomic E-state index is -0.0478. The predicted molar refractivity (Wildman–Crippen MR) is 72.6 cm³/mol. The molecule has 2 rings (SSSR count). The number of aromatic amines is 1. The summed E-state index contributed by atoms with van der Waals surface area (Å²) < 4.78 is 0. The lowest BCUT2D eigenvalue weighted by Gasteiger charge is -2.20. The molecule has 1 saturated carbocycles. The molecule has 0 aliphatic heterocycles. The van der Waals surface area contributed by atoms with E-state index in [1.54, 1.807) is 6.07 Å². The van der Waals surface area contributed by atoms with Crippen molar-refractivity contribution in [2.24, 2.45) is 5.41 Å². The average Bonchev–Trinajstić information content (AvgIpc) is 2.83. The highest BCUT2D eigenvalue weighted by molar-refractivity contribution is 5.17. The molecule has 100 valence electrons. The van der Waals surface area contributed by atoms with Crippen molar-refractivity contribution in [3.63, 3.8) is 0 Å². The average molecular weight is 249 g/mol. The Bertz CT molecular complexity index is 496. The molecule has 0 spiro atoms. The van der Waals surface area contributed by atoms with Gasteiger partial charge in [-0.2, -0.15) is 0 Å². The van der Waals surface area contributed by atoms with E-state index in [1.807, 2.05) is 0 Å². The molecule has 1 atom stereocenters. The van der Waals surface area contributed by atoms with Gasteiger partial charge in [0, 0.05) is 24.1 Å². The smallest absolute Gasteiger partial charge is 0.251 e. The van der Waals surface area contributed by atoms with E-state index < -0.39 is 0 Å². The van der Waals surface area contributed by atoms with Gasteiger partial charge in [-0.3, -0.25) is 4.79 Å². The Morgan fingerprint density at radius 3 is 2.61 bits per heavy atom. The summed E-state index contributed by atoms with van der Waals surface area (Å²) in [5, 5.41) is 3.36. The highest BCUT2D eigenvalue weighted by Gasteiger charge is 2.48. The Morgan fingerprint density at radius 2 is 2.11 bits per heavy atom. The van der Waals surface area contributed by atoms with Gasteiger partial charge in [0.1, 0.15) is 5.82 Å². The molecule has 1 unspecified atom stereocenters. The standard InChI is InChI=1S/C14H23N3O/c1-13(2,3)15-8-9-6-11(18)17-12(16-9)10-7-14(10,4)5/h6,10,15H,7-8H2,1-5H3,(H,16,17,18). The van der Waals surface area contributed by atoms with Crippen LogP contribution in [0.4, 0.5) is 0 Å². The second-order valence-corrected chi connectivity index (χ2v) is 6.97. The largest absolute Gasteiger partial charge is 0.310 e. The number of hydrogen-bond donors (Lipinski definition) is 2.